The Morgan fingerprint density at radius 3 is 2.54 bits per heavy atom. The third-order valence-corrected chi connectivity index (χ3v) is 6.95. The fourth-order valence-corrected chi connectivity index (χ4v) is 5.14. The minimum atomic E-state index is -4.45. The molecule has 1 aromatic carbocycles. The highest BCUT2D eigenvalue weighted by molar-refractivity contribution is 5.86. The summed E-state index contributed by atoms with van der Waals surface area (Å²) in [7, 11) is 0. The van der Waals surface area contributed by atoms with Gasteiger partial charge in [0.2, 0.25) is 0 Å². The van der Waals surface area contributed by atoms with E-state index >= 15 is 0 Å². The second-order valence-corrected chi connectivity index (χ2v) is 9.64. The van der Waals surface area contributed by atoms with Gasteiger partial charge in [0.05, 0.1) is 17.4 Å². The van der Waals surface area contributed by atoms with Crippen molar-refractivity contribution in [1.82, 2.24) is 34.3 Å². The SMILES string of the molecule is Cc1cnn(-c2ccc3ccc(-c4nnc5ccc([C@@H](N6CC[C@H](N)C6)C(F)(F)F)cn45)nc3c2C)c1. The molecule has 0 aliphatic carbocycles. The summed E-state index contributed by atoms with van der Waals surface area (Å²) in [6.07, 6.45) is 1.28. The summed E-state index contributed by atoms with van der Waals surface area (Å²) in [5, 5.41) is 13.8. The molecule has 190 valence electrons. The molecule has 1 aliphatic rings. The van der Waals surface area contributed by atoms with Crippen molar-refractivity contribution in [3.63, 3.8) is 0 Å². The van der Waals surface area contributed by atoms with Crippen molar-refractivity contribution in [3.05, 3.63) is 71.7 Å². The van der Waals surface area contributed by atoms with E-state index in [1.54, 1.807) is 21.3 Å². The number of rotatable bonds is 4. The fourth-order valence-electron chi connectivity index (χ4n) is 5.14. The van der Waals surface area contributed by atoms with Gasteiger partial charge in [-0.2, -0.15) is 18.3 Å². The predicted molar refractivity (Wildman–Crippen MR) is 133 cm³/mol. The summed E-state index contributed by atoms with van der Waals surface area (Å²) < 4.78 is 46.0. The number of hydrogen-bond donors (Lipinski definition) is 1. The first-order valence-corrected chi connectivity index (χ1v) is 12.0. The van der Waals surface area contributed by atoms with Gasteiger partial charge >= 0.3 is 6.18 Å². The number of hydrogen-bond acceptors (Lipinski definition) is 6. The molecule has 1 saturated heterocycles. The maximum atomic E-state index is 14.2. The zero-order valence-corrected chi connectivity index (χ0v) is 20.3. The van der Waals surface area contributed by atoms with Gasteiger partial charge < -0.3 is 5.73 Å². The topological polar surface area (TPSA) is 90.2 Å². The number of nitrogens with two attached hydrogens (primary N) is 1. The van der Waals surface area contributed by atoms with Crippen LogP contribution in [-0.2, 0) is 0 Å². The van der Waals surface area contributed by atoms with E-state index in [0.29, 0.717) is 30.1 Å². The molecule has 37 heavy (non-hydrogen) atoms. The molecule has 8 nitrogen and oxygen atoms in total. The Bertz CT molecular complexity index is 1620. The zero-order valence-electron chi connectivity index (χ0n) is 20.3. The number of nitrogens with zero attached hydrogens (tertiary/aromatic N) is 7. The maximum absolute atomic E-state index is 14.2. The number of alkyl halides is 3. The lowest BCUT2D eigenvalue weighted by Crippen LogP contribution is -2.38. The molecule has 6 rings (SSSR count). The van der Waals surface area contributed by atoms with E-state index in [2.05, 4.69) is 15.3 Å². The van der Waals surface area contributed by atoms with Gasteiger partial charge in [-0.3, -0.25) is 9.30 Å². The lowest BCUT2D eigenvalue weighted by molar-refractivity contribution is -0.183. The van der Waals surface area contributed by atoms with E-state index in [0.717, 1.165) is 27.7 Å². The van der Waals surface area contributed by atoms with Crippen LogP contribution in [0.1, 0.15) is 29.2 Å². The fraction of sp³-hybridized carbons (Fsp3) is 0.308. The average molecular weight is 507 g/mol. The van der Waals surface area contributed by atoms with Crippen LogP contribution in [0.2, 0.25) is 0 Å². The average Bonchev–Trinajstić information content (AvgIpc) is 3.58. The lowest BCUT2D eigenvalue weighted by atomic mass is 10.1. The Balaban J connectivity index is 1.45. The van der Waals surface area contributed by atoms with Crippen LogP contribution < -0.4 is 5.73 Å². The van der Waals surface area contributed by atoms with Crippen LogP contribution in [0.4, 0.5) is 13.2 Å². The largest absolute Gasteiger partial charge is 0.408 e. The molecule has 2 atom stereocenters. The van der Waals surface area contributed by atoms with Crippen LogP contribution in [0.3, 0.4) is 0 Å². The third kappa shape index (κ3) is 4.13. The van der Waals surface area contributed by atoms with Crippen molar-refractivity contribution in [2.45, 2.75) is 38.5 Å². The first kappa shape index (κ1) is 23.6. The number of fused-ring (bicyclic) bond motifs is 2. The molecule has 4 aromatic heterocycles. The summed E-state index contributed by atoms with van der Waals surface area (Å²) in [5.41, 5.74) is 10.6. The van der Waals surface area contributed by atoms with Crippen LogP contribution >= 0.6 is 0 Å². The Hall–Kier alpha value is -3.83. The van der Waals surface area contributed by atoms with Gasteiger partial charge in [-0.05, 0) is 49.6 Å². The minimum Gasteiger partial charge on any atom is -0.326 e. The monoisotopic (exact) mass is 506 g/mol. The van der Waals surface area contributed by atoms with E-state index in [1.165, 1.54) is 17.2 Å². The highest BCUT2D eigenvalue weighted by Gasteiger charge is 2.46. The van der Waals surface area contributed by atoms with Gasteiger partial charge in [-0.25, -0.2) is 9.67 Å². The van der Waals surface area contributed by atoms with Crippen LogP contribution in [0.25, 0.3) is 33.8 Å². The zero-order chi connectivity index (χ0) is 25.9. The van der Waals surface area contributed by atoms with Gasteiger partial charge in [0, 0.05) is 42.5 Å². The third-order valence-electron chi connectivity index (χ3n) is 6.95. The van der Waals surface area contributed by atoms with Crippen molar-refractivity contribution in [2.24, 2.45) is 5.73 Å². The van der Waals surface area contributed by atoms with E-state index < -0.39 is 12.2 Å². The summed E-state index contributed by atoms with van der Waals surface area (Å²) in [5.74, 6) is 0.373. The van der Waals surface area contributed by atoms with E-state index in [4.69, 9.17) is 10.7 Å². The summed E-state index contributed by atoms with van der Waals surface area (Å²) in [6, 6.07) is 8.71. The second kappa shape index (κ2) is 8.63. The van der Waals surface area contributed by atoms with Crippen LogP contribution in [-0.4, -0.2) is 59.6 Å². The number of aromatic nitrogens is 6. The Kier molecular flexibility index (Phi) is 5.50. The molecular formula is C26H25F3N8. The van der Waals surface area contributed by atoms with Crippen molar-refractivity contribution >= 4 is 16.6 Å². The quantitative estimate of drug-likeness (QED) is 0.389. The van der Waals surface area contributed by atoms with Crippen molar-refractivity contribution < 1.29 is 13.2 Å². The number of likely N-dealkylation sites (tertiary alicyclic amines) is 1. The molecule has 1 aliphatic heterocycles. The standard InChI is InChI=1S/C26H25F3N8/c1-15-11-31-37(12-15)21-7-4-17-3-6-20(32-23(17)16(21)2)25-34-33-22-8-5-18(13-36(22)25)24(26(27,28)29)35-10-9-19(30)14-35/h3-8,11-13,19,24H,9-10,14,30H2,1-2H3/t19-,24+/m0/s1. The molecule has 0 radical (unpaired) electrons. The summed E-state index contributed by atoms with van der Waals surface area (Å²) in [4.78, 5) is 6.25. The number of benzene rings is 1. The molecule has 2 N–H and O–H groups in total. The Labute approximate surface area is 210 Å². The molecule has 5 heterocycles. The highest BCUT2D eigenvalue weighted by atomic mass is 19.4. The molecule has 1 fully saturated rings. The number of aryl methyl sites for hydroxylation is 2. The highest BCUT2D eigenvalue weighted by Crippen LogP contribution is 2.39. The van der Waals surface area contributed by atoms with Crippen molar-refractivity contribution in [2.75, 3.05) is 13.1 Å². The van der Waals surface area contributed by atoms with Gasteiger partial charge in [0.15, 0.2) is 11.5 Å². The first-order chi connectivity index (χ1) is 17.7. The van der Waals surface area contributed by atoms with Crippen LogP contribution in [0.15, 0.2) is 55.0 Å². The normalized spacial score (nSPS) is 17.7. The summed E-state index contributed by atoms with van der Waals surface area (Å²) >= 11 is 0. The molecular weight excluding hydrogens is 481 g/mol. The molecule has 0 bridgehead atoms. The molecule has 0 saturated carbocycles. The second-order valence-electron chi connectivity index (χ2n) is 9.64. The molecule has 0 spiro atoms. The number of pyridine rings is 2. The van der Waals surface area contributed by atoms with Crippen molar-refractivity contribution in [1.29, 1.82) is 0 Å². The number of halogens is 3. The Morgan fingerprint density at radius 2 is 1.84 bits per heavy atom. The first-order valence-electron chi connectivity index (χ1n) is 12.0. The van der Waals surface area contributed by atoms with E-state index in [9.17, 15) is 13.2 Å². The van der Waals surface area contributed by atoms with Gasteiger partial charge in [-0.15, -0.1) is 10.2 Å². The molecule has 0 unspecified atom stereocenters. The van der Waals surface area contributed by atoms with Crippen molar-refractivity contribution in [3.8, 4) is 17.2 Å². The van der Waals surface area contributed by atoms with Gasteiger partial charge in [-0.1, -0.05) is 18.2 Å². The summed E-state index contributed by atoms with van der Waals surface area (Å²) in [6.45, 7) is 4.44. The lowest BCUT2D eigenvalue weighted by Gasteiger charge is -2.30. The van der Waals surface area contributed by atoms with Crippen LogP contribution in [0.5, 0.6) is 0 Å². The van der Waals surface area contributed by atoms with Gasteiger partial charge in [0.1, 0.15) is 11.7 Å². The van der Waals surface area contributed by atoms with Gasteiger partial charge in [0.25, 0.3) is 0 Å². The Morgan fingerprint density at radius 1 is 1.03 bits per heavy atom. The predicted octanol–water partition coefficient (Wildman–Crippen LogP) is 4.38. The van der Waals surface area contributed by atoms with E-state index in [1.807, 2.05) is 44.3 Å². The molecule has 0 amide bonds. The van der Waals surface area contributed by atoms with Crippen LogP contribution in [0, 0.1) is 13.8 Å². The smallest absolute Gasteiger partial charge is 0.326 e. The molecule has 5 aromatic rings. The maximum Gasteiger partial charge on any atom is 0.408 e. The minimum absolute atomic E-state index is 0.114. The molecule has 11 heteroatoms. The van der Waals surface area contributed by atoms with E-state index in [-0.39, 0.29) is 18.2 Å².